The molecule has 0 saturated carbocycles. The number of benzene rings is 1. The predicted octanol–water partition coefficient (Wildman–Crippen LogP) is 1.56. The highest BCUT2D eigenvalue weighted by Gasteiger charge is 2.10. The van der Waals surface area contributed by atoms with Crippen LogP contribution in [-0.4, -0.2) is 27.9 Å². The van der Waals surface area contributed by atoms with Gasteiger partial charge < -0.3 is 10.1 Å². The van der Waals surface area contributed by atoms with E-state index >= 15 is 0 Å². The van der Waals surface area contributed by atoms with Crippen LogP contribution in [0.2, 0.25) is 0 Å². The standard InChI is InChI=1S/C13H14N4O2S/c1-17-8-7-11(16-17)12(18)15-13(20)14-9-3-5-10(19-2)6-4-9/h3-8H,1-2H3,(H2,14,15,18,20). The average Bonchev–Trinajstić information content (AvgIpc) is 2.86. The van der Waals surface area contributed by atoms with Crippen LogP contribution in [-0.2, 0) is 7.05 Å². The Morgan fingerprint density at radius 1 is 1.30 bits per heavy atom. The molecule has 104 valence electrons. The predicted molar refractivity (Wildman–Crippen MR) is 79.9 cm³/mol. The number of nitrogens with zero attached hydrogens (tertiary/aromatic N) is 2. The second kappa shape index (κ2) is 6.16. The van der Waals surface area contributed by atoms with E-state index in [0.717, 1.165) is 11.4 Å². The largest absolute Gasteiger partial charge is 0.497 e. The van der Waals surface area contributed by atoms with Gasteiger partial charge in [0.05, 0.1) is 7.11 Å². The minimum absolute atomic E-state index is 0.214. The number of ether oxygens (including phenoxy) is 1. The van der Waals surface area contributed by atoms with Crippen LogP contribution < -0.4 is 15.4 Å². The van der Waals surface area contributed by atoms with Gasteiger partial charge in [-0.3, -0.25) is 14.8 Å². The molecule has 20 heavy (non-hydrogen) atoms. The summed E-state index contributed by atoms with van der Waals surface area (Å²) < 4.78 is 6.61. The van der Waals surface area contributed by atoms with Crippen molar-refractivity contribution in [1.29, 1.82) is 0 Å². The number of carbonyl (C=O) groups is 1. The molecule has 1 heterocycles. The quantitative estimate of drug-likeness (QED) is 0.840. The van der Waals surface area contributed by atoms with Crippen molar-refractivity contribution in [1.82, 2.24) is 15.1 Å². The van der Waals surface area contributed by atoms with E-state index in [0.29, 0.717) is 5.69 Å². The number of aryl methyl sites for hydroxylation is 1. The Hall–Kier alpha value is -2.41. The van der Waals surface area contributed by atoms with Crippen LogP contribution in [0.5, 0.6) is 5.75 Å². The zero-order valence-electron chi connectivity index (χ0n) is 11.1. The third-order valence-corrected chi connectivity index (χ3v) is 2.73. The molecule has 2 rings (SSSR count). The summed E-state index contributed by atoms with van der Waals surface area (Å²) in [4.78, 5) is 11.8. The highest BCUT2D eigenvalue weighted by atomic mass is 32.1. The van der Waals surface area contributed by atoms with E-state index < -0.39 is 0 Å². The molecule has 1 aromatic carbocycles. The lowest BCUT2D eigenvalue weighted by Gasteiger charge is -2.09. The number of nitrogens with one attached hydrogen (secondary N) is 2. The first-order valence-corrected chi connectivity index (χ1v) is 6.25. The maximum absolute atomic E-state index is 11.8. The lowest BCUT2D eigenvalue weighted by Crippen LogP contribution is -2.34. The number of anilines is 1. The highest BCUT2D eigenvalue weighted by Crippen LogP contribution is 2.14. The van der Waals surface area contributed by atoms with Crippen LogP contribution in [0, 0.1) is 0 Å². The Morgan fingerprint density at radius 2 is 2.00 bits per heavy atom. The summed E-state index contributed by atoms with van der Waals surface area (Å²) in [5.74, 6) is 0.399. The van der Waals surface area contributed by atoms with Crippen LogP contribution in [0.15, 0.2) is 36.5 Å². The van der Waals surface area contributed by atoms with Gasteiger partial charge in [0, 0.05) is 18.9 Å². The summed E-state index contributed by atoms with van der Waals surface area (Å²) >= 11 is 5.07. The maximum Gasteiger partial charge on any atom is 0.277 e. The van der Waals surface area contributed by atoms with Gasteiger partial charge >= 0.3 is 0 Å². The first-order chi connectivity index (χ1) is 9.58. The zero-order chi connectivity index (χ0) is 14.5. The number of rotatable bonds is 3. The lowest BCUT2D eigenvalue weighted by molar-refractivity contribution is 0.0972. The van der Waals surface area contributed by atoms with Gasteiger partial charge in [-0.15, -0.1) is 0 Å². The number of carbonyl (C=O) groups excluding carboxylic acids is 1. The van der Waals surface area contributed by atoms with E-state index in [-0.39, 0.29) is 11.0 Å². The van der Waals surface area contributed by atoms with Crippen molar-refractivity contribution in [2.45, 2.75) is 0 Å². The number of hydrogen-bond donors (Lipinski definition) is 2. The summed E-state index contributed by atoms with van der Waals surface area (Å²) in [5, 5.41) is 9.68. The van der Waals surface area contributed by atoms with Gasteiger partial charge in [-0.05, 0) is 42.5 Å². The fourth-order valence-electron chi connectivity index (χ4n) is 1.54. The third-order valence-electron chi connectivity index (χ3n) is 2.52. The van der Waals surface area contributed by atoms with Gasteiger partial charge in [0.25, 0.3) is 5.91 Å². The maximum atomic E-state index is 11.8. The van der Waals surface area contributed by atoms with Gasteiger partial charge in [0.2, 0.25) is 0 Å². The first kappa shape index (κ1) is 14.0. The molecule has 0 fully saturated rings. The highest BCUT2D eigenvalue weighted by molar-refractivity contribution is 7.80. The molecular formula is C13H14N4O2S. The normalized spacial score (nSPS) is 9.90. The molecule has 0 bridgehead atoms. The second-order valence-electron chi connectivity index (χ2n) is 4.01. The lowest BCUT2D eigenvalue weighted by atomic mass is 10.3. The SMILES string of the molecule is COc1ccc(NC(=S)NC(=O)c2ccn(C)n2)cc1. The number of thiocarbonyl (C=S) groups is 1. The Kier molecular flexibility index (Phi) is 4.31. The minimum Gasteiger partial charge on any atom is -0.497 e. The fraction of sp³-hybridized carbons (Fsp3) is 0.154. The molecule has 1 amide bonds. The van der Waals surface area contributed by atoms with Crippen LogP contribution in [0.25, 0.3) is 0 Å². The molecule has 1 aromatic heterocycles. The summed E-state index contributed by atoms with van der Waals surface area (Å²) in [6.07, 6.45) is 1.69. The van der Waals surface area contributed by atoms with Crippen LogP contribution in [0.4, 0.5) is 5.69 Å². The monoisotopic (exact) mass is 290 g/mol. The smallest absolute Gasteiger partial charge is 0.277 e. The molecule has 0 saturated heterocycles. The molecule has 0 radical (unpaired) electrons. The topological polar surface area (TPSA) is 68.2 Å². The van der Waals surface area contributed by atoms with Crippen molar-refractivity contribution in [3.63, 3.8) is 0 Å². The van der Waals surface area contributed by atoms with E-state index in [2.05, 4.69) is 15.7 Å². The van der Waals surface area contributed by atoms with Crippen molar-refractivity contribution >= 4 is 28.9 Å². The van der Waals surface area contributed by atoms with Crippen molar-refractivity contribution in [3.8, 4) is 5.75 Å². The van der Waals surface area contributed by atoms with Gasteiger partial charge in [-0.1, -0.05) is 0 Å². The fourth-order valence-corrected chi connectivity index (χ4v) is 1.75. The van der Waals surface area contributed by atoms with Gasteiger partial charge in [0.15, 0.2) is 10.8 Å². The number of methoxy groups -OCH3 is 1. The number of amides is 1. The van der Waals surface area contributed by atoms with Gasteiger partial charge in [-0.2, -0.15) is 5.10 Å². The molecule has 0 spiro atoms. The van der Waals surface area contributed by atoms with Crippen molar-refractivity contribution in [2.24, 2.45) is 7.05 Å². The third kappa shape index (κ3) is 3.55. The van der Waals surface area contributed by atoms with E-state index in [1.54, 1.807) is 55.4 Å². The van der Waals surface area contributed by atoms with Crippen LogP contribution in [0.3, 0.4) is 0 Å². The van der Waals surface area contributed by atoms with Gasteiger partial charge in [0.1, 0.15) is 5.75 Å². The van der Waals surface area contributed by atoms with Gasteiger partial charge in [-0.25, -0.2) is 0 Å². The zero-order valence-corrected chi connectivity index (χ0v) is 11.9. The van der Waals surface area contributed by atoms with E-state index in [1.807, 2.05) is 0 Å². The Bertz CT molecular complexity index is 622. The summed E-state index contributed by atoms with van der Waals surface area (Å²) in [7, 11) is 3.34. The van der Waals surface area contributed by atoms with Crippen LogP contribution >= 0.6 is 12.2 Å². The molecule has 0 atom stereocenters. The average molecular weight is 290 g/mol. The Morgan fingerprint density at radius 3 is 2.55 bits per heavy atom. The molecule has 6 nitrogen and oxygen atoms in total. The molecule has 0 aliphatic carbocycles. The number of aromatic nitrogens is 2. The minimum atomic E-state index is -0.350. The summed E-state index contributed by atoms with van der Waals surface area (Å²) in [6.45, 7) is 0. The molecular weight excluding hydrogens is 276 g/mol. The van der Waals surface area contributed by atoms with Crippen molar-refractivity contribution in [3.05, 3.63) is 42.2 Å². The molecule has 0 aliphatic heterocycles. The van der Waals surface area contributed by atoms with E-state index in [9.17, 15) is 4.79 Å². The Balaban J connectivity index is 1.93. The molecule has 0 aliphatic rings. The number of hydrogen-bond acceptors (Lipinski definition) is 4. The summed E-state index contributed by atoms with van der Waals surface area (Å²) in [6, 6.07) is 8.82. The van der Waals surface area contributed by atoms with E-state index in [4.69, 9.17) is 17.0 Å². The molecule has 2 N–H and O–H groups in total. The molecule has 7 heteroatoms. The van der Waals surface area contributed by atoms with Crippen molar-refractivity contribution < 1.29 is 9.53 Å². The molecule has 2 aromatic rings. The second-order valence-corrected chi connectivity index (χ2v) is 4.42. The molecule has 0 unspecified atom stereocenters. The Labute approximate surface area is 121 Å². The van der Waals surface area contributed by atoms with Crippen molar-refractivity contribution in [2.75, 3.05) is 12.4 Å². The van der Waals surface area contributed by atoms with Crippen LogP contribution in [0.1, 0.15) is 10.5 Å². The van der Waals surface area contributed by atoms with E-state index in [1.165, 1.54) is 0 Å². The first-order valence-electron chi connectivity index (χ1n) is 5.84. The summed E-state index contributed by atoms with van der Waals surface area (Å²) in [5.41, 5.74) is 1.07.